The number of hydrogen-bond acceptors (Lipinski definition) is 3. The number of carbonyl (C=O) groups is 1. The Labute approximate surface area is 158 Å². The number of fused-ring (bicyclic) bond motifs is 1. The molecule has 1 aliphatic heterocycles. The van der Waals surface area contributed by atoms with Crippen LogP contribution in [0.25, 0.3) is 10.9 Å². The van der Waals surface area contributed by atoms with Crippen LogP contribution in [0.5, 0.6) is 0 Å². The lowest BCUT2D eigenvalue weighted by Gasteiger charge is -2.32. The van der Waals surface area contributed by atoms with E-state index in [1.807, 2.05) is 11.0 Å². The second kappa shape index (κ2) is 7.70. The minimum atomic E-state index is 0.00413. The number of hydrogen-bond donors (Lipinski definition) is 3. The molecule has 27 heavy (non-hydrogen) atoms. The van der Waals surface area contributed by atoms with E-state index in [1.165, 1.54) is 5.56 Å². The summed E-state index contributed by atoms with van der Waals surface area (Å²) in [6.07, 6.45) is 4.95. The molecule has 4 rings (SSSR count). The van der Waals surface area contributed by atoms with Crippen molar-refractivity contribution in [1.29, 1.82) is 0 Å². The quantitative estimate of drug-likeness (QED) is 0.664. The topological polar surface area (TPSA) is 87.0 Å². The highest BCUT2D eigenvalue weighted by molar-refractivity contribution is 5.81. The van der Waals surface area contributed by atoms with Crippen molar-refractivity contribution in [2.24, 2.45) is 5.92 Å². The van der Waals surface area contributed by atoms with Crippen molar-refractivity contribution in [3.05, 3.63) is 59.9 Å². The summed E-state index contributed by atoms with van der Waals surface area (Å²) < 4.78 is 0. The number of likely N-dealkylation sites (tertiary alicyclic amines) is 1. The average Bonchev–Trinajstić information content (AvgIpc) is 3.09. The van der Waals surface area contributed by atoms with Gasteiger partial charge < -0.3 is 20.9 Å². The van der Waals surface area contributed by atoms with E-state index in [1.54, 1.807) is 12.3 Å². The van der Waals surface area contributed by atoms with Gasteiger partial charge in [0, 0.05) is 36.4 Å². The number of carbonyl (C=O) groups excluding carboxylic acids is 1. The molecule has 6 heteroatoms. The largest absolute Gasteiger partial charge is 0.384 e. The smallest absolute Gasteiger partial charge is 0.317 e. The number of aromatic amines is 1. The fourth-order valence-corrected chi connectivity index (χ4v) is 3.77. The van der Waals surface area contributed by atoms with Crippen LogP contribution >= 0.6 is 0 Å². The molecule has 0 radical (unpaired) electrons. The number of nitrogens with zero attached hydrogens (tertiary/aromatic N) is 2. The minimum Gasteiger partial charge on any atom is -0.384 e. The van der Waals surface area contributed by atoms with E-state index >= 15 is 0 Å². The Kier molecular flexibility index (Phi) is 4.96. The molecule has 6 nitrogen and oxygen atoms in total. The Hall–Kier alpha value is -3.02. The summed E-state index contributed by atoms with van der Waals surface area (Å²) in [7, 11) is 0. The van der Waals surface area contributed by atoms with Gasteiger partial charge in [0.05, 0.1) is 12.1 Å². The molecule has 1 saturated heterocycles. The number of H-pyrrole nitrogens is 1. The van der Waals surface area contributed by atoms with Gasteiger partial charge in [-0.15, -0.1) is 0 Å². The van der Waals surface area contributed by atoms with Gasteiger partial charge in [-0.1, -0.05) is 30.3 Å². The van der Waals surface area contributed by atoms with Crippen LogP contribution in [0.1, 0.15) is 24.1 Å². The number of piperidine rings is 1. The number of benzene rings is 1. The molecular weight excluding hydrogens is 338 g/mol. The summed E-state index contributed by atoms with van der Waals surface area (Å²) in [5, 5.41) is 4.01. The number of rotatable bonds is 4. The molecule has 0 spiro atoms. The van der Waals surface area contributed by atoms with Gasteiger partial charge in [-0.05, 0) is 36.8 Å². The molecule has 1 fully saturated rings. The minimum absolute atomic E-state index is 0.00413. The van der Waals surface area contributed by atoms with Crippen LogP contribution < -0.4 is 11.1 Å². The maximum Gasteiger partial charge on any atom is 0.317 e. The molecule has 0 atom stereocenters. The van der Waals surface area contributed by atoms with Crippen molar-refractivity contribution >= 4 is 22.8 Å². The van der Waals surface area contributed by atoms with Gasteiger partial charge in [0.15, 0.2) is 0 Å². The van der Waals surface area contributed by atoms with E-state index in [0.29, 0.717) is 18.3 Å². The molecule has 2 amide bonds. The number of nitrogens with one attached hydrogen (secondary N) is 2. The first-order chi connectivity index (χ1) is 13.2. The molecule has 1 aromatic carbocycles. The van der Waals surface area contributed by atoms with Crippen LogP contribution in [0.3, 0.4) is 0 Å². The third-order valence-electron chi connectivity index (χ3n) is 5.28. The lowest BCUT2D eigenvalue weighted by Crippen LogP contribution is -2.44. The van der Waals surface area contributed by atoms with E-state index in [9.17, 15) is 4.79 Å². The Morgan fingerprint density at radius 3 is 2.78 bits per heavy atom. The van der Waals surface area contributed by atoms with Crippen LogP contribution in [0, 0.1) is 5.92 Å². The Morgan fingerprint density at radius 2 is 2.00 bits per heavy atom. The number of aromatic nitrogens is 2. The van der Waals surface area contributed by atoms with Crippen LogP contribution in [-0.2, 0) is 13.0 Å². The standard InChI is InChI=1S/C21H25N5O/c22-20-12-19-17(13-23-20)11-18(25-19)14-24-21(27)26-8-6-16(7-9-26)10-15-4-2-1-3-5-15/h1-5,11-13,16,25H,6-10,14H2,(H2,22,23)(H,24,27). The van der Waals surface area contributed by atoms with E-state index in [2.05, 4.69) is 45.6 Å². The first-order valence-electron chi connectivity index (χ1n) is 9.47. The first kappa shape index (κ1) is 17.4. The number of urea groups is 1. The van der Waals surface area contributed by atoms with Gasteiger partial charge in [0.1, 0.15) is 5.82 Å². The van der Waals surface area contributed by atoms with Gasteiger partial charge in [-0.25, -0.2) is 9.78 Å². The number of amides is 2. The summed E-state index contributed by atoms with van der Waals surface area (Å²) in [6.45, 7) is 2.10. The summed E-state index contributed by atoms with van der Waals surface area (Å²) in [4.78, 5) is 21.8. The molecule has 0 saturated carbocycles. The van der Waals surface area contributed by atoms with Gasteiger partial charge in [-0.2, -0.15) is 0 Å². The van der Waals surface area contributed by atoms with E-state index in [4.69, 9.17) is 5.73 Å². The maximum absolute atomic E-state index is 12.5. The third kappa shape index (κ3) is 4.22. The summed E-state index contributed by atoms with van der Waals surface area (Å²) in [5.74, 6) is 1.14. The second-order valence-corrected chi connectivity index (χ2v) is 7.27. The molecular formula is C21H25N5O. The first-order valence-corrected chi connectivity index (χ1v) is 9.47. The number of nitrogen functional groups attached to an aromatic ring is 1. The molecule has 1 aliphatic rings. The molecule has 2 aromatic heterocycles. The Balaban J connectivity index is 1.26. The SMILES string of the molecule is Nc1cc2[nH]c(CNC(=O)N3CCC(Cc4ccccc4)CC3)cc2cn1. The van der Waals surface area contributed by atoms with E-state index in [0.717, 1.165) is 48.9 Å². The lowest BCUT2D eigenvalue weighted by molar-refractivity contribution is 0.170. The van der Waals surface area contributed by atoms with E-state index < -0.39 is 0 Å². The molecule has 0 bridgehead atoms. The maximum atomic E-state index is 12.5. The second-order valence-electron chi connectivity index (χ2n) is 7.27. The number of anilines is 1. The molecule has 4 N–H and O–H groups in total. The van der Waals surface area contributed by atoms with Crippen molar-refractivity contribution in [3.63, 3.8) is 0 Å². The van der Waals surface area contributed by atoms with Gasteiger partial charge in [0.2, 0.25) is 0 Å². The van der Waals surface area contributed by atoms with Crippen LogP contribution in [0.15, 0.2) is 48.7 Å². The Morgan fingerprint density at radius 1 is 1.22 bits per heavy atom. The van der Waals surface area contributed by atoms with Crippen LogP contribution in [0.2, 0.25) is 0 Å². The zero-order chi connectivity index (χ0) is 18.6. The summed E-state index contributed by atoms with van der Waals surface area (Å²) >= 11 is 0. The van der Waals surface area contributed by atoms with E-state index in [-0.39, 0.29) is 6.03 Å². The molecule has 140 valence electrons. The zero-order valence-corrected chi connectivity index (χ0v) is 15.3. The fraction of sp³-hybridized carbons (Fsp3) is 0.333. The predicted molar refractivity (Wildman–Crippen MR) is 107 cm³/mol. The van der Waals surface area contributed by atoms with Crippen LogP contribution in [-0.4, -0.2) is 34.0 Å². The molecule has 3 aromatic rings. The molecule has 3 heterocycles. The van der Waals surface area contributed by atoms with Crippen molar-refractivity contribution in [2.45, 2.75) is 25.8 Å². The predicted octanol–water partition coefficient (Wildman–Crippen LogP) is 3.31. The number of pyridine rings is 1. The summed E-state index contributed by atoms with van der Waals surface area (Å²) in [6, 6.07) is 14.4. The fourth-order valence-electron chi connectivity index (χ4n) is 3.77. The lowest BCUT2D eigenvalue weighted by atomic mass is 9.90. The highest BCUT2D eigenvalue weighted by atomic mass is 16.2. The monoisotopic (exact) mass is 363 g/mol. The van der Waals surface area contributed by atoms with Gasteiger partial charge in [0.25, 0.3) is 0 Å². The van der Waals surface area contributed by atoms with Gasteiger partial charge in [-0.3, -0.25) is 0 Å². The number of nitrogens with two attached hydrogens (primary N) is 1. The normalized spacial score (nSPS) is 15.2. The van der Waals surface area contributed by atoms with Crippen molar-refractivity contribution in [3.8, 4) is 0 Å². The highest BCUT2D eigenvalue weighted by Gasteiger charge is 2.22. The average molecular weight is 363 g/mol. The zero-order valence-electron chi connectivity index (χ0n) is 15.3. The van der Waals surface area contributed by atoms with Crippen molar-refractivity contribution < 1.29 is 4.79 Å². The highest BCUT2D eigenvalue weighted by Crippen LogP contribution is 2.22. The Bertz CT molecular complexity index is 913. The van der Waals surface area contributed by atoms with Gasteiger partial charge >= 0.3 is 6.03 Å². The molecule has 0 unspecified atom stereocenters. The summed E-state index contributed by atoms with van der Waals surface area (Å²) in [5.41, 5.74) is 8.98. The third-order valence-corrected chi connectivity index (χ3v) is 5.28. The molecule has 0 aliphatic carbocycles. The van der Waals surface area contributed by atoms with Crippen molar-refractivity contribution in [2.75, 3.05) is 18.8 Å². The van der Waals surface area contributed by atoms with Crippen LogP contribution in [0.4, 0.5) is 10.6 Å². The van der Waals surface area contributed by atoms with Crippen molar-refractivity contribution in [1.82, 2.24) is 20.2 Å².